The van der Waals surface area contributed by atoms with E-state index in [0.29, 0.717) is 6.54 Å². The van der Waals surface area contributed by atoms with Crippen LogP contribution < -0.4 is 17.7 Å². The van der Waals surface area contributed by atoms with Crippen LogP contribution in [0.5, 0.6) is 0 Å². The van der Waals surface area contributed by atoms with Crippen LogP contribution in [0.15, 0.2) is 260 Å². The number of fused-ring (bicyclic) bond motifs is 6. The van der Waals surface area contributed by atoms with Crippen molar-refractivity contribution in [1.29, 1.82) is 0 Å². The molecule has 1 atom stereocenters. The Hall–Kier alpha value is -7.82. The minimum Gasteiger partial charge on any atom is -1.00 e. The normalized spacial score (nSPS) is 11.1. The van der Waals surface area contributed by atoms with Gasteiger partial charge in [-0.2, -0.15) is 24.6 Å². The van der Waals surface area contributed by atoms with Crippen molar-refractivity contribution in [1.82, 2.24) is 24.4 Å². The Morgan fingerprint density at radius 3 is 1.31 bits per heavy atom. The third-order valence-corrected chi connectivity index (χ3v) is 12.8. The van der Waals surface area contributed by atoms with Crippen molar-refractivity contribution in [3.05, 3.63) is 295 Å². The van der Waals surface area contributed by atoms with Gasteiger partial charge in [-0.1, -0.05) is 182 Å². The molecule has 0 fully saturated rings. The van der Waals surface area contributed by atoms with Crippen molar-refractivity contribution < 1.29 is 17.1 Å². The molecule has 12 rings (SSSR count). The molecule has 8 aromatic carbocycles. The standard InChI is InChI=1S/C32H27N3.C25H19N3.C7H7.C4H10O.ClH.Mg/c1-3-12-24(13-4-1)22-29(33-23-25-14-5-2-6-15-25)28-18-11-21-32(34-28)35-30-19-9-7-16-26(30)27-17-8-10-20-31(27)35;1-2-9-19(10-3-1)17-26-18-20-11-8-16-25(27-20)28-23-14-6-4-12-21(23)22-13-5-7-15-24(22)28;1-7-5-3-2-4-6-7;1-3-5-4-2;;/h1-21,29,33H,22-23H2;1-16,18H,17H2;2-6H,1H2;3-4H2,1-2H3;1H;/q;;-1;;;+2/p-1. The third-order valence-electron chi connectivity index (χ3n) is 12.8. The van der Waals surface area contributed by atoms with E-state index in [1.165, 1.54) is 49.3 Å². The van der Waals surface area contributed by atoms with E-state index in [1.54, 1.807) is 0 Å². The number of para-hydroxylation sites is 4. The fourth-order valence-corrected chi connectivity index (χ4v) is 9.21. The van der Waals surface area contributed by atoms with E-state index in [1.807, 2.05) is 86.8 Å². The molecule has 77 heavy (non-hydrogen) atoms. The monoisotopic (exact) mass is 1040 g/mol. The molecule has 12 aromatic rings. The Bertz CT molecular complexity index is 3590. The minimum absolute atomic E-state index is 0. The second kappa shape index (κ2) is 29.5. The zero-order valence-electron chi connectivity index (χ0n) is 43.9. The van der Waals surface area contributed by atoms with Crippen LogP contribution in [0, 0.1) is 6.92 Å². The Kier molecular flexibility index (Phi) is 21.8. The van der Waals surface area contributed by atoms with Gasteiger partial charge < -0.3 is 22.5 Å². The van der Waals surface area contributed by atoms with Crippen molar-refractivity contribution in [2.24, 2.45) is 4.99 Å². The van der Waals surface area contributed by atoms with Crippen molar-refractivity contribution in [2.45, 2.75) is 39.4 Å². The summed E-state index contributed by atoms with van der Waals surface area (Å²) in [6.45, 7) is 10.8. The largest absolute Gasteiger partial charge is 2.00 e. The maximum Gasteiger partial charge on any atom is 2.00 e. The van der Waals surface area contributed by atoms with E-state index in [4.69, 9.17) is 14.7 Å². The molecule has 0 saturated carbocycles. The van der Waals surface area contributed by atoms with Crippen LogP contribution in [0.25, 0.3) is 55.2 Å². The number of pyridine rings is 2. The van der Waals surface area contributed by atoms with Gasteiger partial charge in [0.2, 0.25) is 0 Å². The molecule has 1 N–H and O–H groups in total. The number of nitrogens with zero attached hydrogens (tertiary/aromatic N) is 5. The summed E-state index contributed by atoms with van der Waals surface area (Å²) in [7, 11) is 0. The van der Waals surface area contributed by atoms with E-state index >= 15 is 0 Å². The molecule has 0 radical (unpaired) electrons. The van der Waals surface area contributed by atoms with Gasteiger partial charge in [-0.05, 0) is 85.5 Å². The van der Waals surface area contributed by atoms with E-state index in [2.05, 4.69) is 214 Å². The molecule has 0 amide bonds. The molecule has 0 aliphatic carbocycles. The Morgan fingerprint density at radius 1 is 0.468 bits per heavy atom. The van der Waals surface area contributed by atoms with E-state index in [9.17, 15) is 0 Å². The Labute approximate surface area is 475 Å². The van der Waals surface area contributed by atoms with Crippen molar-refractivity contribution in [2.75, 3.05) is 13.2 Å². The van der Waals surface area contributed by atoms with Gasteiger partial charge in [0, 0.05) is 47.5 Å². The maximum atomic E-state index is 5.22. The number of hydrogen-bond donors (Lipinski definition) is 1. The maximum absolute atomic E-state index is 5.22. The second-order valence-electron chi connectivity index (χ2n) is 17.9. The van der Waals surface area contributed by atoms with Gasteiger partial charge in [-0.3, -0.25) is 14.1 Å². The molecule has 4 aromatic heterocycles. The molecule has 9 heteroatoms. The van der Waals surface area contributed by atoms with E-state index in [0.717, 1.165) is 65.8 Å². The summed E-state index contributed by atoms with van der Waals surface area (Å²) in [5.74, 6) is 1.85. The molecule has 0 bridgehead atoms. The van der Waals surface area contributed by atoms with Crippen molar-refractivity contribution >= 4 is 72.9 Å². The molecule has 7 nitrogen and oxygen atoms in total. The molecule has 0 saturated heterocycles. The fourth-order valence-electron chi connectivity index (χ4n) is 9.21. The number of aromatic nitrogens is 4. The molecular formula is C68H63ClMgN6O. The zero-order chi connectivity index (χ0) is 51.4. The summed E-state index contributed by atoms with van der Waals surface area (Å²) in [5, 5.41) is 8.75. The topological polar surface area (TPSA) is 69.3 Å². The van der Waals surface area contributed by atoms with Crippen LogP contribution in [0.1, 0.15) is 53.5 Å². The average Bonchev–Trinajstić information content (AvgIpc) is 4.03. The van der Waals surface area contributed by atoms with E-state index in [-0.39, 0.29) is 41.5 Å². The van der Waals surface area contributed by atoms with Crippen LogP contribution in [-0.2, 0) is 24.2 Å². The molecule has 380 valence electrons. The van der Waals surface area contributed by atoms with Gasteiger partial charge >= 0.3 is 23.1 Å². The van der Waals surface area contributed by atoms with Gasteiger partial charge in [-0.25, -0.2) is 9.97 Å². The second-order valence-corrected chi connectivity index (χ2v) is 17.9. The van der Waals surface area contributed by atoms with E-state index < -0.39 is 0 Å². The van der Waals surface area contributed by atoms with Gasteiger partial charge in [-0.15, -0.1) is 12.1 Å². The van der Waals surface area contributed by atoms with Gasteiger partial charge in [0.15, 0.2) is 0 Å². The third kappa shape index (κ3) is 15.0. The molecule has 1 unspecified atom stereocenters. The smallest absolute Gasteiger partial charge is 1.00 e. The number of halogens is 1. The first-order valence-electron chi connectivity index (χ1n) is 25.8. The predicted octanol–water partition coefficient (Wildman–Crippen LogP) is 12.6. The van der Waals surface area contributed by atoms with Gasteiger partial charge in [0.25, 0.3) is 0 Å². The summed E-state index contributed by atoms with van der Waals surface area (Å²) in [6.07, 6.45) is 2.72. The number of ether oxygens (including phenoxy) is 1. The quantitative estimate of drug-likeness (QED) is 0.0710. The minimum atomic E-state index is 0. The summed E-state index contributed by atoms with van der Waals surface area (Å²) in [5.41, 5.74) is 11.4. The van der Waals surface area contributed by atoms with Crippen LogP contribution in [0.2, 0.25) is 0 Å². The molecule has 4 heterocycles. The SMILES string of the molecule is C(=NCc1ccccc1)c1cccc(-n2c3ccccc3c3ccccc32)n1.CCOCC.[CH2-]c1ccccc1.[Cl-].[Mg+2].c1ccc(CNC(Cc2ccccc2)c2cccc(-n3c4ccccc4c4ccccc43)n2)cc1. The summed E-state index contributed by atoms with van der Waals surface area (Å²) >= 11 is 0. The average molecular weight is 1040 g/mol. The number of nitrogens with one attached hydrogen (secondary N) is 1. The van der Waals surface area contributed by atoms with Gasteiger partial charge in [0.1, 0.15) is 11.6 Å². The number of rotatable bonds is 13. The molecule has 0 aliphatic heterocycles. The summed E-state index contributed by atoms with van der Waals surface area (Å²) in [4.78, 5) is 14.6. The zero-order valence-corrected chi connectivity index (χ0v) is 46.0. The first kappa shape index (κ1) is 56.9. The van der Waals surface area contributed by atoms with Crippen LogP contribution in [0.4, 0.5) is 0 Å². The first-order chi connectivity index (χ1) is 37.1. The van der Waals surface area contributed by atoms with Crippen LogP contribution in [0.3, 0.4) is 0 Å². The first-order valence-corrected chi connectivity index (χ1v) is 25.8. The Balaban J connectivity index is 0.000000183. The molecular weight excluding hydrogens is 977 g/mol. The van der Waals surface area contributed by atoms with Gasteiger partial charge in [0.05, 0.1) is 46.0 Å². The van der Waals surface area contributed by atoms with Crippen LogP contribution in [-0.4, -0.2) is 61.6 Å². The van der Waals surface area contributed by atoms with Crippen molar-refractivity contribution in [3.63, 3.8) is 0 Å². The number of benzene rings is 8. The predicted molar refractivity (Wildman–Crippen MR) is 320 cm³/mol. The van der Waals surface area contributed by atoms with Crippen LogP contribution >= 0.6 is 0 Å². The molecule has 0 aliphatic rings. The molecule has 0 spiro atoms. The Morgan fingerprint density at radius 2 is 0.870 bits per heavy atom. The summed E-state index contributed by atoms with van der Waals surface area (Å²) < 4.78 is 9.34. The fraction of sp³-hybridized carbons (Fsp3) is 0.118. The summed E-state index contributed by atoms with van der Waals surface area (Å²) in [6, 6.07) is 88.0. The van der Waals surface area contributed by atoms with Crippen molar-refractivity contribution in [3.8, 4) is 11.6 Å². The number of aliphatic imine (C=N–C) groups is 1. The number of hydrogen-bond acceptors (Lipinski definition) is 5.